The lowest BCUT2D eigenvalue weighted by molar-refractivity contribution is 0.969. The first kappa shape index (κ1) is 8.64. The van der Waals surface area contributed by atoms with Crippen LogP contribution in [0.5, 0.6) is 0 Å². The van der Waals surface area contributed by atoms with Crippen LogP contribution in [0.2, 0.25) is 0 Å². The van der Waals surface area contributed by atoms with Gasteiger partial charge in [-0.2, -0.15) is 0 Å². The first-order valence-corrected chi connectivity index (χ1v) is 5.38. The molecule has 0 bridgehead atoms. The summed E-state index contributed by atoms with van der Waals surface area (Å²) in [6, 6.07) is 0. The highest BCUT2D eigenvalue weighted by Crippen LogP contribution is 2.19. The van der Waals surface area contributed by atoms with E-state index in [1.54, 1.807) is 18.0 Å². The Morgan fingerprint density at radius 2 is 2.54 bits per heavy atom. The molecule has 0 aliphatic rings. The summed E-state index contributed by atoms with van der Waals surface area (Å²) in [7, 11) is 0. The van der Waals surface area contributed by atoms with Crippen LogP contribution in [0.3, 0.4) is 0 Å². The number of thioether (sulfide) groups is 1. The second-order valence-electron chi connectivity index (χ2n) is 2.38. The van der Waals surface area contributed by atoms with Gasteiger partial charge in [0.05, 0.1) is 11.1 Å². The van der Waals surface area contributed by atoms with Crippen LogP contribution < -0.4 is 0 Å². The molecule has 0 aliphatic heterocycles. The van der Waals surface area contributed by atoms with Crippen molar-refractivity contribution >= 4 is 23.3 Å². The van der Waals surface area contributed by atoms with E-state index in [0.29, 0.717) is 0 Å². The van der Waals surface area contributed by atoms with Crippen LogP contribution in [0.15, 0.2) is 11.4 Å². The van der Waals surface area contributed by atoms with Crippen LogP contribution in [-0.4, -0.2) is 24.8 Å². The molecule has 68 valence electrons. The predicted molar refractivity (Wildman–Crippen MR) is 50.6 cm³/mol. The summed E-state index contributed by atoms with van der Waals surface area (Å²) in [6.07, 6.45) is 1.76. The van der Waals surface area contributed by atoms with Crippen LogP contribution >= 0.6 is 23.3 Å². The summed E-state index contributed by atoms with van der Waals surface area (Å²) in [5, 5.41) is 11.3. The van der Waals surface area contributed by atoms with Crippen LogP contribution in [0.1, 0.15) is 10.7 Å². The number of aromatic amines is 1. The second-order valence-corrected chi connectivity index (χ2v) is 4.19. The summed E-state index contributed by atoms with van der Waals surface area (Å²) in [5.41, 5.74) is 0. The number of hydrogen-bond acceptors (Lipinski definition) is 6. The highest BCUT2D eigenvalue weighted by molar-refractivity contribution is 7.98. The number of nitrogens with one attached hydrogen (secondary N) is 1. The van der Waals surface area contributed by atoms with Crippen molar-refractivity contribution < 1.29 is 0 Å². The lowest BCUT2D eigenvalue weighted by Gasteiger charge is -1.89. The van der Waals surface area contributed by atoms with Crippen molar-refractivity contribution in [3.05, 3.63) is 16.9 Å². The standard InChI is InChI=1S/C6H7N5S2/c1-4-8-6(10-9-4)12-3-5-2-7-11-13-5/h2H,3H2,1H3,(H,8,9,10). The minimum atomic E-state index is 0.769. The first-order valence-electron chi connectivity index (χ1n) is 3.62. The van der Waals surface area contributed by atoms with Gasteiger partial charge in [0.25, 0.3) is 0 Å². The van der Waals surface area contributed by atoms with Gasteiger partial charge in [0.2, 0.25) is 5.16 Å². The molecule has 2 heterocycles. The molecule has 0 aromatic carbocycles. The number of aromatic nitrogens is 5. The van der Waals surface area contributed by atoms with E-state index in [0.717, 1.165) is 21.6 Å². The van der Waals surface area contributed by atoms with Crippen LogP contribution in [0.25, 0.3) is 0 Å². The summed E-state index contributed by atoms with van der Waals surface area (Å²) in [5.74, 6) is 1.67. The fraction of sp³-hybridized carbons (Fsp3) is 0.333. The molecule has 0 saturated heterocycles. The third-order valence-corrected chi connectivity index (χ3v) is 3.07. The van der Waals surface area contributed by atoms with E-state index in [9.17, 15) is 0 Å². The van der Waals surface area contributed by atoms with Crippen molar-refractivity contribution in [1.82, 2.24) is 24.8 Å². The Bertz CT molecular complexity index is 368. The zero-order valence-corrected chi connectivity index (χ0v) is 8.52. The fourth-order valence-corrected chi connectivity index (χ4v) is 2.11. The smallest absolute Gasteiger partial charge is 0.208 e. The third-order valence-electron chi connectivity index (χ3n) is 1.33. The molecule has 0 radical (unpaired) electrons. The van der Waals surface area contributed by atoms with E-state index < -0.39 is 0 Å². The molecule has 0 unspecified atom stereocenters. The zero-order chi connectivity index (χ0) is 9.10. The summed E-state index contributed by atoms with van der Waals surface area (Å²) >= 11 is 2.98. The number of hydrogen-bond donors (Lipinski definition) is 1. The Morgan fingerprint density at radius 1 is 1.62 bits per heavy atom. The monoisotopic (exact) mass is 213 g/mol. The molecule has 2 aromatic heterocycles. The topological polar surface area (TPSA) is 67.3 Å². The number of rotatable bonds is 3. The van der Waals surface area contributed by atoms with Gasteiger partial charge in [-0.3, -0.25) is 5.10 Å². The highest BCUT2D eigenvalue weighted by atomic mass is 32.2. The summed E-state index contributed by atoms with van der Waals surface area (Å²) in [4.78, 5) is 5.30. The van der Waals surface area contributed by atoms with Gasteiger partial charge in [0.15, 0.2) is 0 Å². The van der Waals surface area contributed by atoms with Crippen LogP contribution in [0.4, 0.5) is 0 Å². The lowest BCUT2D eigenvalue weighted by Crippen LogP contribution is -1.77. The molecule has 2 rings (SSSR count). The van der Waals surface area contributed by atoms with Gasteiger partial charge in [0.1, 0.15) is 5.82 Å². The minimum Gasteiger partial charge on any atom is -0.262 e. The molecule has 0 amide bonds. The maximum absolute atomic E-state index is 4.17. The first-order chi connectivity index (χ1) is 6.34. The maximum atomic E-state index is 4.17. The highest BCUT2D eigenvalue weighted by Gasteiger charge is 2.02. The molecule has 13 heavy (non-hydrogen) atoms. The van der Waals surface area contributed by atoms with Crippen LogP contribution in [-0.2, 0) is 5.75 Å². The fourth-order valence-electron chi connectivity index (χ4n) is 0.774. The average Bonchev–Trinajstić information content (AvgIpc) is 2.71. The largest absolute Gasteiger partial charge is 0.262 e. The van der Waals surface area contributed by atoms with Crippen LogP contribution in [0, 0.1) is 6.92 Å². The van der Waals surface area contributed by atoms with E-state index in [-0.39, 0.29) is 0 Å². The van der Waals surface area contributed by atoms with E-state index in [2.05, 4.69) is 24.8 Å². The Labute approximate surface area is 83.1 Å². The van der Waals surface area contributed by atoms with Crippen molar-refractivity contribution in [3.8, 4) is 0 Å². The van der Waals surface area contributed by atoms with E-state index in [1.165, 1.54) is 11.5 Å². The van der Waals surface area contributed by atoms with Gasteiger partial charge in [-0.1, -0.05) is 16.3 Å². The molecule has 1 N–H and O–H groups in total. The normalized spacial score (nSPS) is 10.5. The Hall–Kier alpha value is -0.950. The average molecular weight is 213 g/mol. The number of nitrogens with zero attached hydrogens (tertiary/aromatic N) is 4. The molecule has 0 atom stereocenters. The van der Waals surface area contributed by atoms with E-state index in [1.807, 2.05) is 6.92 Å². The van der Waals surface area contributed by atoms with Crippen molar-refractivity contribution in [1.29, 1.82) is 0 Å². The van der Waals surface area contributed by atoms with Crippen molar-refractivity contribution in [2.75, 3.05) is 0 Å². The van der Waals surface area contributed by atoms with Crippen molar-refractivity contribution in [2.24, 2.45) is 0 Å². The van der Waals surface area contributed by atoms with Crippen molar-refractivity contribution in [2.45, 2.75) is 17.8 Å². The van der Waals surface area contributed by atoms with Gasteiger partial charge in [0, 0.05) is 5.75 Å². The maximum Gasteiger partial charge on any atom is 0.208 e. The SMILES string of the molecule is Cc1nc(SCc2cnns2)n[nH]1. The van der Waals surface area contributed by atoms with Gasteiger partial charge in [-0.15, -0.1) is 10.2 Å². The molecule has 0 spiro atoms. The van der Waals surface area contributed by atoms with Gasteiger partial charge >= 0.3 is 0 Å². The van der Waals surface area contributed by atoms with Gasteiger partial charge in [-0.25, -0.2) is 4.98 Å². The lowest BCUT2D eigenvalue weighted by atomic mass is 10.6. The second kappa shape index (κ2) is 3.84. The quantitative estimate of drug-likeness (QED) is 0.777. The third kappa shape index (κ3) is 2.25. The predicted octanol–water partition coefficient (Wildman–Crippen LogP) is 1.26. The number of H-pyrrole nitrogens is 1. The van der Waals surface area contributed by atoms with Gasteiger partial charge < -0.3 is 0 Å². The van der Waals surface area contributed by atoms with Crippen molar-refractivity contribution in [3.63, 3.8) is 0 Å². The van der Waals surface area contributed by atoms with Gasteiger partial charge in [-0.05, 0) is 18.5 Å². The number of aryl methyl sites for hydroxylation is 1. The summed E-state index contributed by atoms with van der Waals surface area (Å²) in [6.45, 7) is 1.88. The molecule has 0 aliphatic carbocycles. The molecule has 0 saturated carbocycles. The molecule has 5 nitrogen and oxygen atoms in total. The molecular formula is C6H7N5S2. The Balaban J connectivity index is 1.93. The summed E-state index contributed by atoms with van der Waals surface area (Å²) < 4.78 is 3.77. The molecule has 0 fully saturated rings. The molecular weight excluding hydrogens is 206 g/mol. The van der Waals surface area contributed by atoms with E-state index in [4.69, 9.17) is 0 Å². The molecule has 2 aromatic rings. The Morgan fingerprint density at radius 3 is 3.15 bits per heavy atom. The Kier molecular flexibility index (Phi) is 2.55. The van der Waals surface area contributed by atoms with E-state index >= 15 is 0 Å². The molecule has 7 heteroatoms. The minimum absolute atomic E-state index is 0.769. The zero-order valence-electron chi connectivity index (χ0n) is 6.89.